The first kappa shape index (κ1) is 18.6. The van der Waals surface area contributed by atoms with Crippen LogP contribution in [-0.4, -0.2) is 39.1 Å². The van der Waals surface area contributed by atoms with Gasteiger partial charge in [0.15, 0.2) is 11.6 Å². The van der Waals surface area contributed by atoms with Crippen molar-refractivity contribution < 1.29 is 0 Å². The van der Waals surface area contributed by atoms with Crippen LogP contribution in [0.2, 0.25) is 0 Å². The number of pyridine rings is 1. The maximum absolute atomic E-state index is 6.19. The number of hydrogen-bond donors (Lipinski definition) is 2. The van der Waals surface area contributed by atoms with Crippen LogP contribution in [0.5, 0.6) is 0 Å². The minimum absolute atomic E-state index is 0.0559. The van der Waals surface area contributed by atoms with Crippen molar-refractivity contribution in [3.05, 3.63) is 30.2 Å². The highest BCUT2D eigenvalue weighted by Gasteiger charge is 2.31. The highest BCUT2D eigenvalue weighted by Crippen LogP contribution is 2.35. The Morgan fingerprint density at radius 1 is 1.35 bits per heavy atom. The zero-order valence-corrected chi connectivity index (χ0v) is 16.4. The summed E-state index contributed by atoms with van der Waals surface area (Å²) in [6.45, 7) is 7.10. The van der Waals surface area contributed by atoms with Crippen molar-refractivity contribution in [2.45, 2.75) is 45.8 Å². The second kappa shape index (κ2) is 8.01. The number of nitrogens with zero attached hydrogens (tertiary/aromatic N) is 5. The molecule has 0 bridgehead atoms. The van der Waals surface area contributed by atoms with Crippen molar-refractivity contribution in [1.82, 2.24) is 19.7 Å². The van der Waals surface area contributed by atoms with Crippen LogP contribution < -0.4 is 15.4 Å². The molecule has 0 saturated carbocycles. The molecule has 2 aromatic rings. The van der Waals surface area contributed by atoms with Crippen molar-refractivity contribution in [2.75, 3.05) is 11.2 Å². The second-order valence-electron chi connectivity index (χ2n) is 6.42. The van der Waals surface area contributed by atoms with Crippen LogP contribution in [-0.2, 0) is 6.54 Å². The van der Waals surface area contributed by atoms with Gasteiger partial charge in [0.25, 0.3) is 0 Å². The van der Waals surface area contributed by atoms with Crippen LogP contribution >= 0.6 is 11.9 Å². The minimum Gasteiger partial charge on any atom is -0.385 e. The van der Waals surface area contributed by atoms with E-state index in [-0.39, 0.29) is 12.1 Å². The summed E-state index contributed by atoms with van der Waals surface area (Å²) in [6.07, 6.45) is 8.26. The number of aliphatic imine (C=N–C) groups is 1. The lowest BCUT2D eigenvalue weighted by Gasteiger charge is -2.38. The third-order valence-electron chi connectivity index (χ3n) is 4.42. The second-order valence-corrected chi connectivity index (χ2v) is 7.12. The number of fused-ring (bicyclic) bond motifs is 1. The van der Waals surface area contributed by atoms with Crippen molar-refractivity contribution in [3.8, 4) is 11.4 Å². The topological polar surface area (TPSA) is 92.3 Å². The minimum atomic E-state index is 0.0559. The lowest BCUT2D eigenvalue weighted by atomic mass is 10.1. The molecule has 3 N–H and O–H groups in total. The molecule has 0 fully saturated rings. The zero-order valence-electron chi connectivity index (χ0n) is 15.6. The third-order valence-corrected chi connectivity index (χ3v) is 4.85. The fourth-order valence-corrected chi connectivity index (χ4v) is 3.52. The maximum Gasteiger partial charge on any atom is 0.162 e. The number of amidine groups is 1. The molecule has 2 aromatic heterocycles. The summed E-state index contributed by atoms with van der Waals surface area (Å²) in [5, 5.41) is 0. The normalized spacial score (nSPS) is 16.6. The lowest BCUT2D eigenvalue weighted by Crippen LogP contribution is -2.50. The predicted molar refractivity (Wildman–Crippen MR) is 109 cm³/mol. The van der Waals surface area contributed by atoms with Gasteiger partial charge in [0, 0.05) is 30.5 Å². The van der Waals surface area contributed by atoms with Crippen LogP contribution in [0.3, 0.4) is 0 Å². The Labute approximate surface area is 158 Å². The van der Waals surface area contributed by atoms with E-state index in [4.69, 9.17) is 10.7 Å². The summed E-state index contributed by atoms with van der Waals surface area (Å²) in [7, 11) is 0. The highest BCUT2D eigenvalue weighted by molar-refractivity contribution is 7.96. The SMILES string of the molecule is CC[C@@H]1C(N)=Nc2cnc(-c3ccncc3CNSC)nc2N1C(C)C. The van der Waals surface area contributed by atoms with E-state index in [1.165, 1.54) is 0 Å². The molecule has 0 saturated heterocycles. The Morgan fingerprint density at radius 3 is 2.85 bits per heavy atom. The Kier molecular flexibility index (Phi) is 5.73. The molecule has 1 aliphatic rings. The zero-order chi connectivity index (χ0) is 18.7. The van der Waals surface area contributed by atoms with E-state index in [1.807, 2.05) is 18.5 Å². The van der Waals surface area contributed by atoms with E-state index in [1.54, 1.807) is 24.3 Å². The van der Waals surface area contributed by atoms with Gasteiger partial charge in [-0.15, -0.1) is 0 Å². The average molecular weight is 372 g/mol. The van der Waals surface area contributed by atoms with E-state index >= 15 is 0 Å². The summed E-state index contributed by atoms with van der Waals surface area (Å²) in [5.74, 6) is 2.14. The summed E-state index contributed by atoms with van der Waals surface area (Å²) < 4.78 is 3.26. The van der Waals surface area contributed by atoms with Gasteiger partial charge in [-0.2, -0.15) is 0 Å². The van der Waals surface area contributed by atoms with Crippen LogP contribution in [0, 0.1) is 0 Å². The molecule has 0 amide bonds. The first-order valence-electron chi connectivity index (χ1n) is 8.75. The number of nitrogens with two attached hydrogens (primary N) is 1. The molecule has 0 radical (unpaired) electrons. The number of hydrogen-bond acceptors (Lipinski definition) is 8. The van der Waals surface area contributed by atoms with Gasteiger partial charge in [0.05, 0.1) is 12.2 Å². The Balaban J connectivity index is 2.08. The fourth-order valence-electron chi connectivity index (χ4n) is 3.22. The van der Waals surface area contributed by atoms with Gasteiger partial charge >= 0.3 is 0 Å². The van der Waals surface area contributed by atoms with Crippen LogP contribution in [0.1, 0.15) is 32.8 Å². The van der Waals surface area contributed by atoms with Gasteiger partial charge in [0.1, 0.15) is 11.5 Å². The molecule has 0 aliphatic carbocycles. The van der Waals surface area contributed by atoms with Gasteiger partial charge in [-0.1, -0.05) is 18.9 Å². The summed E-state index contributed by atoms with van der Waals surface area (Å²) in [6, 6.07) is 2.27. The molecule has 0 spiro atoms. The monoisotopic (exact) mass is 371 g/mol. The third kappa shape index (κ3) is 3.52. The molecule has 138 valence electrons. The number of anilines is 1. The van der Waals surface area contributed by atoms with E-state index < -0.39 is 0 Å². The number of nitrogens with one attached hydrogen (secondary N) is 1. The molecule has 1 atom stereocenters. The highest BCUT2D eigenvalue weighted by atomic mass is 32.2. The van der Waals surface area contributed by atoms with Gasteiger partial charge in [-0.25, -0.2) is 15.0 Å². The van der Waals surface area contributed by atoms with Gasteiger partial charge in [0.2, 0.25) is 0 Å². The van der Waals surface area contributed by atoms with E-state index in [2.05, 4.69) is 45.4 Å². The number of aromatic nitrogens is 3. The predicted octanol–water partition coefficient (Wildman–Crippen LogP) is 2.90. The molecule has 7 nitrogen and oxygen atoms in total. The van der Waals surface area contributed by atoms with Gasteiger partial charge in [-0.3, -0.25) is 9.71 Å². The van der Waals surface area contributed by atoms with Crippen molar-refractivity contribution >= 4 is 29.3 Å². The molecule has 1 aliphatic heterocycles. The first-order chi connectivity index (χ1) is 12.6. The first-order valence-corrected chi connectivity index (χ1v) is 9.97. The molecule has 0 aromatic carbocycles. The molecule has 3 rings (SSSR count). The summed E-state index contributed by atoms with van der Waals surface area (Å²) in [5.41, 5.74) is 8.95. The fraction of sp³-hybridized carbons (Fsp3) is 0.444. The van der Waals surface area contributed by atoms with Crippen molar-refractivity contribution in [2.24, 2.45) is 10.7 Å². The molecular formula is C18H25N7S. The van der Waals surface area contributed by atoms with Crippen LogP contribution in [0.4, 0.5) is 11.5 Å². The Morgan fingerprint density at radius 2 is 2.15 bits per heavy atom. The quantitative estimate of drug-likeness (QED) is 0.754. The van der Waals surface area contributed by atoms with E-state index in [0.29, 0.717) is 18.2 Å². The Bertz CT molecular complexity index is 806. The largest absolute Gasteiger partial charge is 0.385 e. The number of rotatable bonds is 6. The summed E-state index contributed by atoms with van der Waals surface area (Å²) >= 11 is 1.57. The van der Waals surface area contributed by atoms with Crippen LogP contribution in [0.15, 0.2) is 29.6 Å². The van der Waals surface area contributed by atoms with Crippen molar-refractivity contribution in [1.29, 1.82) is 0 Å². The lowest BCUT2D eigenvalue weighted by molar-refractivity contribution is 0.602. The molecule has 0 unspecified atom stereocenters. The maximum atomic E-state index is 6.19. The Hall–Kier alpha value is -2.19. The molecule has 8 heteroatoms. The van der Waals surface area contributed by atoms with Gasteiger partial charge in [-0.05, 0) is 38.2 Å². The van der Waals surface area contributed by atoms with Crippen molar-refractivity contribution in [3.63, 3.8) is 0 Å². The molecule has 26 heavy (non-hydrogen) atoms. The molecule has 3 heterocycles. The summed E-state index contributed by atoms with van der Waals surface area (Å²) in [4.78, 5) is 20.4. The van der Waals surface area contributed by atoms with E-state index in [9.17, 15) is 0 Å². The molecular weight excluding hydrogens is 346 g/mol. The van der Waals surface area contributed by atoms with E-state index in [0.717, 1.165) is 29.1 Å². The smallest absolute Gasteiger partial charge is 0.162 e. The standard InChI is InChI=1S/C18H25N7S/c1-5-15-16(19)23-14-10-21-17(24-18(14)25(15)11(2)3)13-6-7-20-8-12(13)9-22-26-4/h6-8,10-11,15,22H,5,9H2,1-4H3,(H2,19,23)/t15-/m1/s1. The average Bonchev–Trinajstić information content (AvgIpc) is 2.65. The van der Waals surface area contributed by atoms with Crippen LogP contribution in [0.25, 0.3) is 11.4 Å². The van der Waals surface area contributed by atoms with Gasteiger partial charge < -0.3 is 10.6 Å².